The number of hydrogen-bond donors (Lipinski definition) is 0. The summed E-state index contributed by atoms with van der Waals surface area (Å²) >= 11 is 4.80. The molecule has 1 aliphatic rings. The number of non-ortho nitro benzene ring substituents is 1. The van der Waals surface area contributed by atoms with E-state index in [1.165, 1.54) is 23.9 Å². The van der Waals surface area contributed by atoms with Crippen LogP contribution in [0, 0.1) is 10.1 Å². The maximum Gasteiger partial charge on any atom is 0.269 e. The summed E-state index contributed by atoms with van der Waals surface area (Å²) in [6.45, 7) is 0. The Kier molecular flexibility index (Phi) is 4.12. The molecule has 0 spiro atoms. The largest absolute Gasteiger partial charge is 0.279 e. The van der Waals surface area contributed by atoms with Crippen LogP contribution in [0.15, 0.2) is 47.1 Å². The number of thioether (sulfide) groups is 1. The Hall–Kier alpha value is -1.93. The molecule has 1 atom stereocenters. The maximum atomic E-state index is 12.2. The molecule has 1 unspecified atom stereocenters. The van der Waals surface area contributed by atoms with Crippen LogP contribution in [0.2, 0.25) is 0 Å². The van der Waals surface area contributed by atoms with Crippen LogP contribution in [0.1, 0.15) is 10.9 Å². The highest BCUT2D eigenvalue weighted by atomic mass is 79.9. The third kappa shape index (κ3) is 2.84. The van der Waals surface area contributed by atoms with E-state index in [-0.39, 0.29) is 17.0 Å². The van der Waals surface area contributed by atoms with Crippen molar-refractivity contribution in [1.82, 2.24) is 4.98 Å². The Labute approximate surface area is 138 Å². The lowest BCUT2D eigenvalue weighted by atomic mass is 10.2. The van der Waals surface area contributed by atoms with E-state index < -0.39 is 4.92 Å². The molecule has 2 heterocycles. The van der Waals surface area contributed by atoms with Crippen LogP contribution in [0.5, 0.6) is 0 Å². The molecule has 1 fully saturated rings. The minimum Gasteiger partial charge on any atom is -0.279 e. The van der Waals surface area contributed by atoms with Crippen LogP contribution in [0.4, 0.5) is 11.5 Å². The molecule has 1 aliphatic heterocycles. The minimum absolute atomic E-state index is 0.0248. The van der Waals surface area contributed by atoms with E-state index in [9.17, 15) is 14.9 Å². The molecule has 1 aromatic carbocycles. The van der Waals surface area contributed by atoms with Gasteiger partial charge in [0, 0.05) is 22.8 Å². The van der Waals surface area contributed by atoms with Gasteiger partial charge in [-0.05, 0) is 45.8 Å². The molecule has 1 amide bonds. The fraction of sp³-hybridized carbons (Fsp3) is 0.143. The number of nitro benzene ring substituents is 1. The number of amides is 1. The number of aromatic nitrogens is 1. The Balaban J connectivity index is 1.93. The van der Waals surface area contributed by atoms with E-state index in [4.69, 9.17) is 0 Å². The number of hydrogen-bond acceptors (Lipinski definition) is 5. The van der Waals surface area contributed by atoms with Crippen LogP contribution in [0.25, 0.3) is 0 Å². The molecule has 0 bridgehead atoms. The molecule has 6 nitrogen and oxygen atoms in total. The highest BCUT2D eigenvalue weighted by Crippen LogP contribution is 2.41. The topological polar surface area (TPSA) is 76.3 Å². The van der Waals surface area contributed by atoms with Crippen molar-refractivity contribution in [3.8, 4) is 0 Å². The molecular formula is C14H10BrN3O3S. The number of carbonyl (C=O) groups is 1. The van der Waals surface area contributed by atoms with Crippen molar-refractivity contribution in [3.63, 3.8) is 0 Å². The SMILES string of the molecule is O=C1CSC(c2ccc([N+](=O)[O-])cc2)N1c1ccc(Br)cn1. The summed E-state index contributed by atoms with van der Waals surface area (Å²) < 4.78 is 0.836. The molecule has 1 aromatic heterocycles. The van der Waals surface area contributed by atoms with Gasteiger partial charge < -0.3 is 0 Å². The van der Waals surface area contributed by atoms with Crippen molar-refractivity contribution in [1.29, 1.82) is 0 Å². The first-order chi connectivity index (χ1) is 10.6. The number of nitro groups is 1. The summed E-state index contributed by atoms with van der Waals surface area (Å²) in [6, 6.07) is 9.86. The normalized spacial score (nSPS) is 17.8. The first-order valence-electron chi connectivity index (χ1n) is 6.36. The van der Waals surface area contributed by atoms with Crippen LogP contribution in [-0.4, -0.2) is 21.6 Å². The first-order valence-corrected chi connectivity index (χ1v) is 8.20. The van der Waals surface area contributed by atoms with E-state index in [1.807, 2.05) is 6.07 Å². The third-order valence-electron chi connectivity index (χ3n) is 3.22. The number of halogens is 1. The van der Waals surface area contributed by atoms with Crippen molar-refractivity contribution < 1.29 is 9.72 Å². The number of pyridine rings is 1. The molecule has 8 heteroatoms. The Bertz CT molecular complexity index is 721. The average Bonchev–Trinajstić information content (AvgIpc) is 2.90. The molecule has 22 heavy (non-hydrogen) atoms. The van der Waals surface area contributed by atoms with E-state index in [0.29, 0.717) is 11.6 Å². The van der Waals surface area contributed by atoms with Crippen LogP contribution >= 0.6 is 27.7 Å². The van der Waals surface area contributed by atoms with Gasteiger partial charge in [0.15, 0.2) is 0 Å². The number of rotatable bonds is 3. The maximum absolute atomic E-state index is 12.2. The van der Waals surface area contributed by atoms with Gasteiger partial charge in [0.2, 0.25) is 5.91 Å². The van der Waals surface area contributed by atoms with Gasteiger partial charge >= 0.3 is 0 Å². The second kappa shape index (κ2) is 6.05. The number of anilines is 1. The minimum atomic E-state index is -0.440. The lowest BCUT2D eigenvalue weighted by Gasteiger charge is -2.23. The predicted molar refractivity (Wildman–Crippen MR) is 87.7 cm³/mol. The molecule has 0 radical (unpaired) electrons. The Morgan fingerprint density at radius 1 is 1.27 bits per heavy atom. The lowest BCUT2D eigenvalue weighted by molar-refractivity contribution is -0.384. The van der Waals surface area contributed by atoms with Gasteiger partial charge in [0.1, 0.15) is 11.2 Å². The summed E-state index contributed by atoms with van der Waals surface area (Å²) in [5.41, 5.74) is 0.873. The first kappa shape index (κ1) is 15.0. The van der Waals surface area contributed by atoms with Crippen LogP contribution in [0.3, 0.4) is 0 Å². The fourth-order valence-corrected chi connectivity index (χ4v) is 3.59. The molecule has 0 aliphatic carbocycles. The van der Waals surface area contributed by atoms with Gasteiger partial charge in [-0.25, -0.2) is 4.98 Å². The van der Waals surface area contributed by atoms with E-state index in [2.05, 4.69) is 20.9 Å². The van der Waals surface area contributed by atoms with Gasteiger partial charge in [-0.15, -0.1) is 11.8 Å². The van der Waals surface area contributed by atoms with Crippen molar-refractivity contribution in [2.24, 2.45) is 0 Å². The zero-order valence-electron chi connectivity index (χ0n) is 11.2. The van der Waals surface area contributed by atoms with E-state index >= 15 is 0 Å². The second-order valence-corrected chi connectivity index (χ2v) is 6.59. The number of benzene rings is 1. The zero-order valence-corrected chi connectivity index (χ0v) is 13.6. The van der Waals surface area contributed by atoms with Gasteiger partial charge in [-0.2, -0.15) is 0 Å². The molecule has 0 saturated carbocycles. The standard InChI is InChI=1S/C14H10BrN3O3S/c15-10-3-6-12(16-7-10)17-13(19)8-22-14(17)9-1-4-11(5-2-9)18(20)21/h1-7,14H,8H2. The fourth-order valence-electron chi connectivity index (χ4n) is 2.19. The summed E-state index contributed by atoms with van der Waals surface area (Å²) in [5, 5.41) is 10.5. The molecule has 2 aromatic rings. The third-order valence-corrected chi connectivity index (χ3v) is 4.90. The van der Waals surface area contributed by atoms with Gasteiger partial charge in [-0.1, -0.05) is 0 Å². The molecule has 3 rings (SSSR count). The highest BCUT2D eigenvalue weighted by Gasteiger charge is 2.34. The molecule has 0 N–H and O–H groups in total. The van der Waals surface area contributed by atoms with Crippen LogP contribution < -0.4 is 4.90 Å². The monoisotopic (exact) mass is 379 g/mol. The lowest BCUT2D eigenvalue weighted by Crippen LogP contribution is -2.28. The quantitative estimate of drug-likeness (QED) is 0.602. The summed E-state index contributed by atoms with van der Waals surface area (Å²) in [6.07, 6.45) is 1.64. The predicted octanol–water partition coefficient (Wildman–Crippen LogP) is 3.53. The summed E-state index contributed by atoms with van der Waals surface area (Å²) in [5.74, 6) is 0.907. The van der Waals surface area contributed by atoms with Crippen LogP contribution in [-0.2, 0) is 4.79 Å². The summed E-state index contributed by atoms with van der Waals surface area (Å²) in [4.78, 5) is 28.3. The van der Waals surface area contributed by atoms with E-state index in [0.717, 1.165) is 10.0 Å². The molecule has 112 valence electrons. The Morgan fingerprint density at radius 3 is 2.59 bits per heavy atom. The van der Waals surface area contributed by atoms with Crippen molar-refractivity contribution in [3.05, 3.63) is 62.7 Å². The van der Waals surface area contributed by atoms with Gasteiger partial charge in [-0.3, -0.25) is 19.8 Å². The zero-order chi connectivity index (χ0) is 15.7. The van der Waals surface area contributed by atoms with Gasteiger partial charge in [0.25, 0.3) is 5.69 Å². The summed E-state index contributed by atoms with van der Waals surface area (Å²) in [7, 11) is 0. The average molecular weight is 380 g/mol. The van der Waals surface area contributed by atoms with Crippen molar-refractivity contribution in [2.45, 2.75) is 5.37 Å². The Morgan fingerprint density at radius 2 is 2.00 bits per heavy atom. The molecular weight excluding hydrogens is 370 g/mol. The van der Waals surface area contributed by atoms with E-state index in [1.54, 1.807) is 29.3 Å². The smallest absolute Gasteiger partial charge is 0.269 e. The number of nitrogens with zero attached hydrogens (tertiary/aromatic N) is 3. The number of carbonyl (C=O) groups excluding carboxylic acids is 1. The second-order valence-electron chi connectivity index (χ2n) is 4.61. The van der Waals surface area contributed by atoms with Crippen molar-refractivity contribution in [2.75, 3.05) is 10.7 Å². The van der Waals surface area contributed by atoms with Gasteiger partial charge in [0.05, 0.1) is 10.7 Å². The van der Waals surface area contributed by atoms with Crippen molar-refractivity contribution >= 4 is 45.1 Å². The molecule has 1 saturated heterocycles. The highest BCUT2D eigenvalue weighted by molar-refractivity contribution is 9.10.